The molecule has 4 nitrogen and oxygen atoms in total. The lowest BCUT2D eigenvalue weighted by atomic mass is 10.1. The van der Waals surface area contributed by atoms with Crippen molar-refractivity contribution in [1.82, 2.24) is 0 Å². The Hall–Kier alpha value is -1.58. The van der Waals surface area contributed by atoms with Crippen LogP contribution in [0, 0.1) is 17.0 Å². The number of nitrogens with one attached hydrogen (secondary N) is 1. The minimum atomic E-state index is -0.364. The smallest absolute Gasteiger partial charge is 0.271 e. The first kappa shape index (κ1) is 12.5. The van der Waals surface area contributed by atoms with Crippen molar-refractivity contribution in [2.75, 3.05) is 5.32 Å². The molecule has 0 atom stereocenters. The molecule has 1 aromatic carbocycles. The first-order chi connectivity index (χ1) is 7.58. The maximum Gasteiger partial charge on any atom is 0.271 e. The number of anilines is 1. The highest BCUT2D eigenvalue weighted by atomic mass is 16.6. The zero-order valence-electron chi connectivity index (χ0n) is 9.99. The minimum Gasteiger partial charge on any atom is -0.382 e. The van der Waals surface area contributed by atoms with Crippen LogP contribution >= 0.6 is 0 Å². The van der Waals surface area contributed by atoms with Crippen LogP contribution in [0.4, 0.5) is 11.4 Å². The number of rotatable bonds is 5. The second kappa shape index (κ2) is 5.49. The lowest BCUT2D eigenvalue weighted by Gasteiger charge is -2.17. The Bertz CT molecular complexity index is 373. The number of hydrogen-bond acceptors (Lipinski definition) is 3. The monoisotopic (exact) mass is 222 g/mol. The number of aryl methyl sites for hydroxylation is 1. The number of non-ortho nitro benzene ring substituents is 1. The Kier molecular flexibility index (Phi) is 4.28. The van der Waals surface area contributed by atoms with Gasteiger partial charge in [0.25, 0.3) is 5.69 Å². The second-order valence-electron chi connectivity index (χ2n) is 3.91. The van der Waals surface area contributed by atoms with Crippen LogP contribution in [0.5, 0.6) is 0 Å². The average molecular weight is 222 g/mol. The molecule has 0 amide bonds. The van der Waals surface area contributed by atoms with E-state index in [-0.39, 0.29) is 10.6 Å². The van der Waals surface area contributed by atoms with E-state index in [1.807, 2.05) is 6.92 Å². The van der Waals surface area contributed by atoms with E-state index in [2.05, 4.69) is 19.2 Å². The summed E-state index contributed by atoms with van der Waals surface area (Å²) in [5.74, 6) is 0. The fraction of sp³-hybridized carbons (Fsp3) is 0.500. The molecule has 0 radical (unpaired) electrons. The van der Waals surface area contributed by atoms with Crippen molar-refractivity contribution in [3.8, 4) is 0 Å². The van der Waals surface area contributed by atoms with E-state index in [9.17, 15) is 10.1 Å². The first-order valence-corrected chi connectivity index (χ1v) is 5.60. The van der Waals surface area contributed by atoms with E-state index in [1.165, 1.54) is 6.07 Å². The largest absolute Gasteiger partial charge is 0.382 e. The van der Waals surface area contributed by atoms with Crippen molar-refractivity contribution in [2.45, 2.75) is 39.7 Å². The van der Waals surface area contributed by atoms with E-state index in [0.29, 0.717) is 6.04 Å². The predicted octanol–water partition coefficient (Wildman–Crippen LogP) is 3.50. The molecule has 0 spiro atoms. The zero-order valence-corrected chi connectivity index (χ0v) is 9.99. The third kappa shape index (κ3) is 2.95. The summed E-state index contributed by atoms with van der Waals surface area (Å²) in [5, 5.41) is 14.0. The van der Waals surface area contributed by atoms with Gasteiger partial charge in [-0.15, -0.1) is 0 Å². The van der Waals surface area contributed by atoms with Crippen LogP contribution in [0.25, 0.3) is 0 Å². The van der Waals surface area contributed by atoms with E-state index in [0.717, 1.165) is 24.1 Å². The van der Waals surface area contributed by atoms with Gasteiger partial charge in [0.15, 0.2) is 0 Å². The molecule has 0 fully saturated rings. The highest BCUT2D eigenvalue weighted by molar-refractivity contribution is 5.57. The van der Waals surface area contributed by atoms with E-state index in [1.54, 1.807) is 12.1 Å². The number of benzene rings is 1. The standard InChI is InChI=1S/C12H18N2O2/c1-4-10(5-2)13-12-8-11(14(15)16)7-6-9(12)3/h6-8,10,13H,4-5H2,1-3H3. The highest BCUT2D eigenvalue weighted by Crippen LogP contribution is 2.23. The summed E-state index contributed by atoms with van der Waals surface area (Å²) in [4.78, 5) is 10.3. The van der Waals surface area contributed by atoms with Crippen molar-refractivity contribution in [3.63, 3.8) is 0 Å². The summed E-state index contributed by atoms with van der Waals surface area (Å²) in [5.41, 5.74) is 2.04. The Morgan fingerprint density at radius 3 is 2.50 bits per heavy atom. The van der Waals surface area contributed by atoms with Gasteiger partial charge in [0.2, 0.25) is 0 Å². The normalized spacial score (nSPS) is 10.5. The van der Waals surface area contributed by atoms with Crippen molar-refractivity contribution in [3.05, 3.63) is 33.9 Å². The van der Waals surface area contributed by atoms with Crippen LogP contribution in [0.15, 0.2) is 18.2 Å². The number of nitro groups is 1. The maximum absolute atomic E-state index is 10.7. The van der Waals surface area contributed by atoms with E-state index in [4.69, 9.17) is 0 Å². The molecule has 0 aromatic heterocycles. The molecule has 1 N–H and O–H groups in total. The quantitative estimate of drug-likeness (QED) is 0.612. The summed E-state index contributed by atoms with van der Waals surface area (Å²) < 4.78 is 0. The molecule has 1 aromatic rings. The Morgan fingerprint density at radius 1 is 1.38 bits per heavy atom. The summed E-state index contributed by atoms with van der Waals surface area (Å²) in [6, 6.07) is 5.30. The average Bonchev–Trinajstić information content (AvgIpc) is 2.27. The minimum absolute atomic E-state index is 0.138. The van der Waals surface area contributed by atoms with Crippen LogP contribution in [0.2, 0.25) is 0 Å². The maximum atomic E-state index is 10.7. The van der Waals surface area contributed by atoms with Gasteiger partial charge in [-0.3, -0.25) is 10.1 Å². The van der Waals surface area contributed by atoms with Crippen molar-refractivity contribution in [2.24, 2.45) is 0 Å². The highest BCUT2D eigenvalue weighted by Gasteiger charge is 2.10. The predicted molar refractivity (Wildman–Crippen MR) is 65.8 cm³/mol. The lowest BCUT2D eigenvalue weighted by Crippen LogP contribution is -2.17. The Morgan fingerprint density at radius 2 is 2.00 bits per heavy atom. The number of nitrogens with zero attached hydrogens (tertiary/aromatic N) is 1. The molecular weight excluding hydrogens is 204 g/mol. The van der Waals surface area contributed by atoms with Crippen molar-refractivity contribution >= 4 is 11.4 Å². The van der Waals surface area contributed by atoms with Gasteiger partial charge in [-0.25, -0.2) is 0 Å². The molecule has 1 rings (SSSR count). The fourth-order valence-corrected chi connectivity index (χ4v) is 1.59. The van der Waals surface area contributed by atoms with Gasteiger partial charge >= 0.3 is 0 Å². The summed E-state index contributed by atoms with van der Waals surface area (Å²) in [6.07, 6.45) is 2.03. The molecule has 0 bridgehead atoms. The van der Waals surface area contributed by atoms with Crippen molar-refractivity contribution < 1.29 is 4.92 Å². The molecule has 0 saturated carbocycles. The van der Waals surface area contributed by atoms with Gasteiger partial charge in [0, 0.05) is 23.9 Å². The van der Waals surface area contributed by atoms with E-state index >= 15 is 0 Å². The van der Waals surface area contributed by atoms with Crippen LogP contribution < -0.4 is 5.32 Å². The van der Waals surface area contributed by atoms with Crippen LogP contribution in [-0.2, 0) is 0 Å². The Labute approximate surface area is 95.8 Å². The molecule has 0 saturated heterocycles. The van der Waals surface area contributed by atoms with Crippen LogP contribution in [0.1, 0.15) is 32.3 Å². The third-order valence-corrected chi connectivity index (χ3v) is 2.78. The fourth-order valence-electron chi connectivity index (χ4n) is 1.59. The van der Waals surface area contributed by atoms with Gasteiger partial charge in [-0.05, 0) is 25.3 Å². The molecule has 0 aliphatic heterocycles. The third-order valence-electron chi connectivity index (χ3n) is 2.78. The summed E-state index contributed by atoms with van der Waals surface area (Å²) in [6.45, 7) is 6.16. The van der Waals surface area contributed by atoms with Gasteiger partial charge in [0.05, 0.1) is 4.92 Å². The zero-order chi connectivity index (χ0) is 12.1. The second-order valence-corrected chi connectivity index (χ2v) is 3.91. The van der Waals surface area contributed by atoms with Gasteiger partial charge in [0.1, 0.15) is 0 Å². The molecule has 16 heavy (non-hydrogen) atoms. The molecule has 0 aliphatic rings. The molecule has 0 unspecified atom stereocenters. The first-order valence-electron chi connectivity index (χ1n) is 5.60. The van der Waals surface area contributed by atoms with Gasteiger partial charge in [-0.1, -0.05) is 19.9 Å². The van der Waals surface area contributed by atoms with Gasteiger partial charge < -0.3 is 5.32 Å². The number of nitro benzene ring substituents is 1. The molecule has 88 valence electrons. The lowest BCUT2D eigenvalue weighted by molar-refractivity contribution is -0.384. The van der Waals surface area contributed by atoms with Gasteiger partial charge in [-0.2, -0.15) is 0 Å². The SMILES string of the molecule is CCC(CC)Nc1cc([N+](=O)[O-])ccc1C. The topological polar surface area (TPSA) is 55.2 Å². The summed E-state index contributed by atoms with van der Waals surface area (Å²) in [7, 11) is 0. The Balaban J connectivity index is 2.93. The van der Waals surface area contributed by atoms with Crippen molar-refractivity contribution in [1.29, 1.82) is 0 Å². The molecule has 4 heteroatoms. The molecule has 0 heterocycles. The number of hydrogen-bond donors (Lipinski definition) is 1. The van der Waals surface area contributed by atoms with Crippen LogP contribution in [-0.4, -0.2) is 11.0 Å². The van der Waals surface area contributed by atoms with E-state index < -0.39 is 0 Å². The summed E-state index contributed by atoms with van der Waals surface area (Å²) >= 11 is 0. The molecule has 0 aliphatic carbocycles. The molecular formula is C12H18N2O2. The van der Waals surface area contributed by atoms with Crippen LogP contribution in [0.3, 0.4) is 0 Å².